The van der Waals surface area contributed by atoms with E-state index in [4.69, 9.17) is 4.74 Å². The summed E-state index contributed by atoms with van der Waals surface area (Å²) >= 11 is 1.70. The Kier molecular flexibility index (Phi) is 8.09. The molecule has 1 aliphatic heterocycles. The van der Waals surface area contributed by atoms with Gasteiger partial charge < -0.3 is 14.6 Å². The van der Waals surface area contributed by atoms with E-state index in [9.17, 15) is 9.18 Å². The highest BCUT2D eigenvalue weighted by atomic mass is 32.2. The average molecular weight is 470 g/mol. The smallest absolute Gasteiger partial charge is 0.251 e. The molecule has 1 aromatic heterocycles. The normalized spacial score (nSPS) is 14.4. The summed E-state index contributed by atoms with van der Waals surface area (Å²) in [6.07, 6.45) is 0.604. The molecule has 0 bridgehead atoms. The number of thioether (sulfide) groups is 1. The number of nitrogens with zero attached hydrogens (tertiary/aromatic N) is 4. The fourth-order valence-electron chi connectivity index (χ4n) is 3.63. The first-order valence-electron chi connectivity index (χ1n) is 11.1. The molecule has 1 N–H and O–H groups in total. The standard InChI is InChI=1S/C24H28FN5O2S/c1-29-22(27-28-24(29)33-17-14-30-12-15-32-16-13-30)10-11-26-23(31)20-4-2-18(3-5-20)19-6-8-21(25)9-7-19/h2-9H,10-17H2,1H3,(H,26,31). The van der Waals surface area contributed by atoms with E-state index in [0.717, 1.165) is 60.7 Å². The van der Waals surface area contributed by atoms with Gasteiger partial charge in [0.1, 0.15) is 11.6 Å². The summed E-state index contributed by atoms with van der Waals surface area (Å²) in [5.41, 5.74) is 2.42. The van der Waals surface area contributed by atoms with Crippen molar-refractivity contribution in [2.45, 2.75) is 11.6 Å². The number of aromatic nitrogens is 3. The lowest BCUT2D eigenvalue weighted by Crippen LogP contribution is -2.37. The Morgan fingerprint density at radius 2 is 1.73 bits per heavy atom. The Morgan fingerprint density at radius 3 is 2.42 bits per heavy atom. The first kappa shape index (κ1) is 23.4. The van der Waals surface area contributed by atoms with Crippen molar-refractivity contribution in [2.24, 2.45) is 7.05 Å². The SMILES string of the molecule is Cn1c(CCNC(=O)c2ccc(-c3ccc(F)cc3)cc2)nnc1SCCN1CCOCC1. The molecular weight excluding hydrogens is 441 g/mol. The summed E-state index contributed by atoms with van der Waals surface area (Å²) in [7, 11) is 1.96. The van der Waals surface area contributed by atoms with Gasteiger partial charge in [-0.25, -0.2) is 4.39 Å². The highest BCUT2D eigenvalue weighted by molar-refractivity contribution is 7.99. The van der Waals surface area contributed by atoms with Gasteiger partial charge in [-0.1, -0.05) is 36.0 Å². The number of ether oxygens (including phenoxy) is 1. The van der Waals surface area contributed by atoms with Crippen LogP contribution in [0.5, 0.6) is 0 Å². The number of hydrogen-bond donors (Lipinski definition) is 1. The summed E-state index contributed by atoms with van der Waals surface area (Å²) in [6.45, 7) is 5.07. The molecule has 0 spiro atoms. The van der Waals surface area contributed by atoms with Gasteiger partial charge in [0.25, 0.3) is 5.91 Å². The third-order valence-electron chi connectivity index (χ3n) is 5.63. The Balaban J connectivity index is 1.22. The molecule has 0 saturated carbocycles. The van der Waals surface area contributed by atoms with E-state index >= 15 is 0 Å². The topological polar surface area (TPSA) is 72.3 Å². The fourth-order valence-corrected chi connectivity index (χ4v) is 4.56. The highest BCUT2D eigenvalue weighted by Crippen LogP contribution is 2.20. The van der Waals surface area contributed by atoms with Gasteiger partial charge >= 0.3 is 0 Å². The van der Waals surface area contributed by atoms with Crippen molar-refractivity contribution in [3.05, 3.63) is 65.7 Å². The largest absolute Gasteiger partial charge is 0.379 e. The van der Waals surface area contributed by atoms with Gasteiger partial charge in [-0.15, -0.1) is 10.2 Å². The first-order valence-corrected chi connectivity index (χ1v) is 12.0. The zero-order chi connectivity index (χ0) is 23.0. The molecule has 2 aromatic carbocycles. The molecule has 0 atom stereocenters. The number of morpholine rings is 1. The van der Waals surface area contributed by atoms with Crippen LogP contribution in [0.4, 0.5) is 4.39 Å². The van der Waals surface area contributed by atoms with Crippen molar-refractivity contribution in [2.75, 3.05) is 45.1 Å². The molecule has 4 rings (SSSR count). The average Bonchev–Trinajstić information content (AvgIpc) is 3.19. The molecule has 1 aliphatic rings. The summed E-state index contributed by atoms with van der Waals surface area (Å²) in [4.78, 5) is 14.9. The number of rotatable bonds is 9. The van der Waals surface area contributed by atoms with Gasteiger partial charge in [0.2, 0.25) is 0 Å². The molecule has 33 heavy (non-hydrogen) atoms. The minimum absolute atomic E-state index is 0.136. The van der Waals surface area contributed by atoms with E-state index in [1.165, 1.54) is 12.1 Å². The molecule has 1 amide bonds. The number of carbonyl (C=O) groups is 1. The Labute approximate surface area is 197 Å². The van der Waals surface area contributed by atoms with Gasteiger partial charge in [-0.3, -0.25) is 9.69 Å². The van der Waals surface area contributed by atoms with Crippen LogP contribution in [0, 0.1) is 5.82 Å². The molecular formula is C24H28FN5O2S. The summed E-state index contributed by atoms with van der Waals surface area (Å²) < 4.78 is 20.5. The number of hydrogen-bond acceptors (Lipinski definition) is 6. The van der Waals surface area contributed by atoms with Crippen LogP contribution in [-0.2, 0) is 18.2 Å². The fraction of sp³-hybridized carbons (Fsp3) is 0.375. The minimum atomic E-state index is -0.267. The maximum absolute atomic E-state index is 13.1. The van der Waals surface area contributed by atoms with Crippen molar-refractivity contribution in [1.82, 2.24) is 25.0 Å². The maximum atomic E-state index is 13.1. The predicted molar refractivity (Wildman–Crippen MR) is 127 cm³/mol. The van der Waals surface area contributed by atoms with Crippen LogP contribution in [0.15, 0.2) is 53.7 Å². The summed E-state index contributed by atoms with van der Waals surface area (Å²) in [5, 5.41) is 12.4. The lowest BCUT2D eigenvalue weighted by Gasteiger charge is -2.26. The second-order valence-electron chi connectivity index (χ2n) is 7.85. The van der Waals surface area contributed by atoms with Crippen LogP contribution >= 0.6 is 11.8 Å². The van der Waals surface area contributed by atoms with Crippen LogP contribution < -0.4 is 5.32 Å². The molecule has 174 valence electrons. The van der Waals surface area contributed by atoms with E-state index in [2.05, 4.69) is 20.4 Å². The van der Waals surface area contributed by atoms with Gasteiger partial charge in [0.15, 0.2) is 5.16 Å². The Hall–Kier alpha value is -2.75. The van der Waals surface area contributed by atoms with Crippen LogP contribution in [0.3, 0.4) is 0 Å². The van der Waals surface area contributed by atoms with Crippen molar-refractivity contribution < 1.29 is 13.9 Å². The quantitative estimate of drug-likeness (QED) is 0.486. The molecule has 3 aromatic rings. The second-order valence-corrected chi connectivity index (χ2v) is 8.91. The van der Waals surface area contributed by atoms with E-state index in [1.54, 1.807) is 36.0 Å². The lowest BCUT2D eigenvalue weighted by atomic mass is 10.0. The minimum Gasteiger partial charge on any atom is -0.379 e. The van der Waals surface area contributed by atoms with E-state index in [1.807, 2.05) is 23.7 Å². The summed E-state index contributed by atoms with van der Waals surface area (Å²) in [5.74, 6) is 1.39. The van der Waals surface area contributed by atoms with Crippen LogP contribution in [0.25, 0.3) is 11.1 Å². The zero-order valence-electron chi connectivity index (χ0n) is 18.7. The third-order valence-corrected chi connectivity index (χ3v) is 6.63. The number of halogens is 1. The predicted octanol–water partition coefficient (Wildman–Crippen LogP) is 3.02. The zero-order valence-corrected chi connectivity index (χ0v) is 19.5. The molecule has 7 nitrogen and oxygen atoms in total. The maximum Gasteiger partial charge on any atom is 0.251 e. The van der Waals surface area contributed by atoms with E-state index in [0.29, 0.717) is 18.5 Å². The molecule has 1 saturated heterocycles. The molecule has 1 fully saturated rings. The van der Waals surface area contributed by atoms with Gasteiger partial charge in [0.05, 0.1) is 13.2 Å². The van der Waals surface area contributed by atoms with Crippen LogP contribution in [0.1, 0.15) is 16.2 Å². The molecule has 2 heterocycles. The van der Waals surface area contributed by atoms with Crippen LogP contribution in [-0.4, -0.2) is 70.7 Å². The van der Waals surface area contributed by atoms with E-state index < -0.39 is 0 Å². The number of benzene rings is 2. The summed E-state index contributed by atoms with van der Waals surface area (Å²) in [6, 6.07) is 13.6. The Bertz CT molecular complexity index is 1050. The third kappa shape index (κ3) is 6.40. The molecule has 0 aliphatic carbocycles. The molecule has 0 unspecified atom stereocenters. The second kappa shape index (κ2) is 11.4. The number of amides is 1. The Morgan fingerprint density at radius 1 is 1.06 bits per heavy atom. The van der Waals surface area contributed by atoms with Crippen molar-refractivity contribution >= 4 is 17.7 Å². The first-order chi connectivity index (χ1) is 16.1. The van der Waals surface area contributed by atoms with E-state index in [-0.39, 0.29) is 11.7 Å². The van der Waals surface area contributed by atoms with Gasteiger partial charge in [0, 0.05) is 51.0 Å². The van der Waals surface area contributed by atoms with Crippen LogP contribution in [0.2, 0.25) is 0 Å². The van der Waals surface area contributed by atoms with Crippen molar-refractivity contribution in [3.8, 4) is 11.1 Å². The highest BCUT2D eigenvalue weighted by Gasteiger charge is 2.13. The molecule has 9 heteroatoms. The number of carbonyl (C=O) groups excluding carboxylic acids is 1. The number of nitrogens with one attached hydrogen (secondary N) is 1. The monoisotopic (exact) mass is 469 g/mol. The van der Waals surface area contributed by atoms with Gasteiger partial charge in [-0.2, -0.15) is 0 Å². The van der Waals surface area contributed by atoms with Crippen molar-refractivity contribution in [3.63, 3.8) is 0 Å². The lowest BCUT2D eigenvalue weighted by molar-refractivity contribution is 0.0410. The van der Waals surface area contributed by atoms with Crippen molar-refractivity contribution in [1.29, 1.82) is 0 Å². The molecule has 0 radical (unpaired) electrons. The van der Waals surface area contributed by atoms with Gasteiger partial charge in [-0.05, 0) is 35.4 Å².